The summed E-state index contributed by atoms with van der Waals surface area (Å²) < 4.78 is 0. The maximum atomic E-state index is 11.4. The van der Waals surface area contributed by atoms with Crippen LogP contribution < -0.4 is 5.32 Å². The van der Waals surface area contributed by atoms with Gasteiger partial charge in [0.05, 0.1) is 0 Å². The molecule has 0 aromatic rings. The normalized spacial score (nSPS) is 16.1. The predicted molar refractivity (Wildman–Crippen MR) is 52.9 cm³/mol. The average Bonchev–Trinajstić information content (AvgIpc) is 2.27. The number of hydrogen-bond donors (Lipinski definition) is 1. The van der Waals surface area contributed by atoms with Crippen LogP contribution in [0.25, 0.3) is 0 Å². The van der Waals surface area contributed by atoms with Crippen LogP contribution in [0, 0.1) is 0 Å². The van der Waals surface area contributed by atoms with Crippen LogP contribution in [0.5, 0.6) is 0 Å². The Morgan fingerprint density at radius 2 is 1.47 bits per heavy atom. The minimum absolute atomic E-state index is 0.00189. The van der Waals surface area contributed by atoms with E-state index in [-0.39, 0.29) is 5.91 Å². The van der Waals surface area contributed by atoms with Crippen LogP contribution >= 0.6 is 0 Å². The van der Waals surface area contributed by atoms with Crippen LogP contribution in [0.4, 0.5) is 0 Å². The number of carbonyl (C=O) groups is 3. The van der Waals surface area contributed by atoms with Gasteiger partial charge in [-0.25, -0.2) is 0 Å². The lowest BCUT2D eigenvalue weighted by molar-refractivity contribution is -0.147. The molecule has 0 radical (unpaired) electrons. The minimum Gasteiger partial charge on any atom is -0.351 e. The third-order valence-electron chi connectivity index (χ3n) is 2.43. The van der Waals surface area contributed by atoms with Gasteiger partial charge in [0.25, 0.3) is 0 Å². The molecule has 0 aromatic carbocycles. The SMILES string of the molecule is CNC(=O)C(=O)N1CCN(C(C)=O)CC1. The molecule has 0 unspecified atom stereocenters. The summed E-state index contributed by atoms with van der Waals surface area (Å²) in [5.41, 5.74) is 0. The molecule has 1 heterocycles. The molecule has 15 heavy (non-hydrogen) atoms. The zero-order chi connectivity index (χ0) is 11.4. The molecule has 0 aromatic heterocycles. The molecule has 0 saturated carbocycles. The van der Waals surface area contributed by atoms with Gasteiger partial charge in [-0.05, 0) is 0 Å². The quantitative estimate of drug-likeness (QED) is 0.494. The number of nitrogens with one attached hydrogen (secondary N) is 1. The number of likely N-dealkylation sites (N-methyl/N-ethyl adjacent to an activating group) is 1. The molecule has 0 aliphatic carbocycles. The fraction of sp³-hybridized carbons (Fsp3) is 0.667. The largest absolute Gasteiger partial charge is 0.351 e. The third-order valence-corrected chi connectivity index (χ3v) is 2.43. The predicted octanol–water partition coefficient (Wildman–Crippen LogP) is -1.58. The number of hydrogen-bond acceptors (Lipinski definition) is 3. The lowest BCUT2D eigenvalue weighted by atomic mass is 10.3. The summed E-state index contributed by atoms with van der Waals surface area (Å²) in [6, 6.07) is 0. The van der Waals surface area contributed by atoms with Gasteiger partial charge in [-0.1, -0.05) is 0 Å². The molecule has 0 spiro atoms. The van der Waals surface area contributed by atoms with Gasteiger partial charge in [0.15, 0.2) is 0 Å². The highest BCUT2D eigenvalue weighted by Crippen LogP contribution is 2.02. The first-order chi connectivity index (χ1) is 7.06. The van der Waals surface area contributed by atoms with E-state index >= 15 is 0 Å². The Morgan fingerprint density at radius 1 is 1.00 bits per heavy atom. The lowest BCUT2D eigenvalue weighted by Gasteiger charge is -2.33. The summed E-state index contributed by atoms with van der Waals surface area (Å²) in [4.78, 5) is 36.6. The maximum Gasteiger partial charge on any atom is 0.311 e. The zero-order valence-corrected chi connectivity index (χ0v) is 8.95. The highest BCUT2D eigenvalue weighted by molar-refractivity contribution is 6.34. The molecule has 1 aliphatic heterocycles. The topological polar surface area (TPSA) is 69.7 Å². The second-order valence-electron chi connectivity index (χ2n) is 3.38. The fourth-order valence-electron chi connectivity index (χ4n) is 1.47. The number of amides is 3. The number of piperazine rings is 1. The van der Waals surface area contributed by atoms with E-state index in [2.05, 4.69) is 5.32 Å². The Kier molecular flexibility index (Phi) is 3.65. The smallest absolute Gasteiger partial charge is 0.311 e. The van der Waals surface area contributed by atoms with Gasteiger partial charge in [-0.3, -0.25) is 14.4 Å². The van der Waals surface area contributed by atoms with E-state index in [0.29, 0.717) is 26.2 Å². The van der Waals surface area contributed by atoms with E-state index in [1.54, 1.807) is 4.90 Å². The van der Waals surface area contributed by atoms with Crippen molar-refractivity contribution in [3.05, 3.63) is 0 Å². The summed E-state index contributed by atoms with van der Waals surface area (Å²) in [7, 11) is 1.42. The Labute approximate surface area is 88.2 Å². The van der Waals surface area contributed by atoms with Gasteiger partial charge >= 0.3 is 11.8 Å². The Hall–Kier alpha value is -1.59. The van der Waals surface area contributed by atoms with E-state index in [1.165, 1.54) is 18.9 Å². The lowest BCUT2D eigenvalue weighted by Crippen LogP contribution is -2.53. The molecule has 6 nitrogen and oxygen atoms in total. The number of carbonyl (C=O) groups excluding carboxylic acids is 3. The van der Waals surface area contributed by atoms with Crippen molar-refractivity contribution in [2.24, 2.45) is 0 Å². The Morgan fingerprint density at radius 3 is 1.87 bits per heavy atom. The first-order valence-electron chi connectivity index (χ1n) is 4.82. The molecule has 0 bridgehead atoms. The molecular weight excluding hydrogens is 198 g/mol. The van der Waals surface area contributed by atoms with E-state index in [0.717, 1.165) is 0 Å². The highest BCUT2D eigenvalue weighted by atomic mass is 16.2. The minimum atomic E-state index is -0.605. The van der Waals surface area contributed by atoms with E-state index < -0.39 is 11.8 Å². The van der Waals surface area contributed by atoms with Crippen molar-refractivity contribution in [2.75, 3.05) is 33.2 Å². The monoisotopic (exact) mass is 213 g/mol. The molecular formula is C9H15N3O3. The average molecular weight is 213 g/mol. The zero-order valence-electron chi connectivity index (χ0n) is 8.95. The summed E-state index contributed by atoms with van der Waals surface area (Å²) >= 11 is 0. The van der Waals surface area contributed by atoms with Crippen molar-refractivity contribution in [3.8, 4) is 0 Å². The van der Waals surface area contributed by atoms with Crippen molar-refractivity contribution >= 4 is 17.7 Å². The number of nitrogens with zero attached hydrogens (tertiary/aromatic N) is 2. The van der Waals surface area contributed by atoms with Gasteiger partial charge in [0, 0.05) is 40.2 Å². The summed E-state index contributed by atoms with van der Waals surface area (Å²) in [6.07, 6.45) is 0. The summed E-state index contributed by atoms with van der Waals surface area (Å²) in [6.45, 7) is 3.34. The molecule has 3 amide bonds. The maximum absolute atomic E-state index is 11.4. The van der Waals surface area contributed by atoms with Crippen molar-refractivity contribution in [3.63, 3.8) is 0 Å². The molecule has 1 fully saturated rings. The molecule has 84 valence electrons. The summed E-state index contributed by atoms with van der Waals surface area (Å²) in [5, 5.41) is 2.29. The van der Waals surface area contributed by atoms with Crippen LogP contribution in [0.3, 0.4) is 0 Å². The van der Waals surface area contributed by atoms with E-state index in [4.69, 9.17) is 0 Å². The molecule has 1 N–H and O–H groups in total. The van der Waals surface area contributed by atoms with Crippen molar-refractivity contribution in [1.82, 2.24) is 15.1 Å². The van der Waals surface area contributed by atoms with Crippen molar-refractivity contribution < 1.29 is 14.4 Å². The second-order valence-corrected chi connectivity index (χ2v) is 3.38. The molecule has 1 saturated heterocycles. The first kappa shape index (κ1) is 11.5. The van der Waals surface area contributed by atoms with Crippen LogP contribution in [0.2, 0.25) is 0 Å². The first-order valence-corrected chi connectivity index (χ1v) is 4.82. The van der Waals surface area contributed by atoms with Gasteiger partial charge in [0.2, 0.25) is 5.91 Å². The standard InChI is InChI=1S/C9H15N3O3/c1-7(13)11-3-5-12(6-4-11)9(15)8(14)10-2/h3-6H2,1-2H3,(H,10,14). The molecule has 0 atom stereocenters. The fourth-order valence-corrected chi connectivity index (χ4v) is 1.47. The molecule has 1 rings (SSSR count). The van der Waals surface area contributed by atoms with Gasteiger partial charge in [-0.2, -0.15) is 0 Å². The third kappa shape index (κ3) is 2.68. The van der Waals surface area contributed by atoms with Gasteiger partial charge in [0.1, 0.15) is 0 Å². The van der Waals surface area contributed by atoms with Crippen molar-refractivity contribution in [1.29, 1.82) is 0 Å². The van der Waals surface area contributed by atoms with Crippen LogP contribution in [-0.2, 0) is 14.4 Å². The second kappa shape index (κ2) is 4.77. The molecule has 6 heteroatoms. The Bertz CT molecular complexity index is 282. The van der Waals surface area contributed by atoms with E-state index in [9.17, 15) is 14.4 Å². The highest BCUT2D eigenvalue weighted by Gasteiger charge is 2.25. The van der Waals surface area contributed by atoms with E-state index in [1.807, 2.05) is 0 Å². The van der Waals surface area contributed by atoms with Crippen LogP contribution in [0.15, 0.2) is 0 Å². The molecule has 1 aliphatic rings. The number of rotatable bonds is 0. The van der Waals surface area contributed by atoms with Crippen LogP contribution in [-0.4, -0.2) is 60.7 Å². The van der Waals surface area contributed by atoms with Gasteiger partial charge < -0.3 is 15.1 Å². The Balaban J connectivity index is 2.47. The summed E-state index contributed by atoms with van der Waals surface area (Å²) in [5.74, 6) is -1.13. The van der Waals surface area contributed by atoms with Gasteiger partial charge in [-0.15, -0.1) is 0 Å². The van der Waals surface area contributed by atoms with Crippen LogP contribution in [0.1, 0.15) is 6.92 Å². The van der Waals surface area contributed by atoms with Crippen molar-refractivity contribution in [2.45, 2.75) is 6.92 Å².